The number of hydrogen-bond donors (Lipinski definition) is 2. The van der Waals surface area contributed by atoms with Gasteiger partial charge in [0.25, 0.3) is 11.5 Å². The Morgan fingerprint density at radius 3 is 2.70 bits per heavy atom. The molecule has 0 atom stereocenters. The fraction of sp³-hybridized carbons (Fsp3) is 0.643. The zero-order valence-electron chi connectivity index (χ0n) is 11.7. The lowest BCUT2D eigenvalue weighted by molar-refractivity contribution is 0.0625. The average Bonchev–Trinajstić information content (AvgIpc) is 2.49. The molecule has 1 aliphatic carbocycles. The molecule has 0 saturated heterocycles. The molecule has 20 heavy (non-hydrogen) atoms. The maximum atomic E-state index is 12.6. The van der Waals surface area contributed by atoms with Crippen LogP contribution in [0, 0.1) is 0 Å². The van der Waals surface area contributed by atoms with Crippen molar-refractivity contribution in [1.82, 2.24) is 15.1 Å². The van der Waals surface area contributed by atoms with Gasteiger partial charge in [0.2, 0.25) is 0 Å². The highest BCUT2D eigenvalue weighted by Gasteiger charge is 2.26. The maximum absolute atomic E-state index is 12.6. The van der Waals surface area contributed by atoms with Crippen LogP contribution >= 0.6 is 0 Å². The van der Waals surface area contributed by atoms with Crippen LogP contribution in [-0.4, -0.2) is 40.1 Å². The summed E-state index contributed by atoms with van der Waals surface area (Å²) in [5.74, 6) is -0.110. The van der Waals surface area contributed by atoms with Crippen LogP contribution in [0.2, 0.25) is 0 Å². The van der Waals surface area contributed by atoms with Crippen LogP contribution in [0.5, 0.6) is 0 Å². The van der Waals surface area contributed by atoms with Crippen LogP contribution in [0.15, 0.2) is 16.9 Å². The monoisotopic (exact) mass is 278 g/mol. The molecular formula is C14H22N4O2. The maximum Gasteiger partial charge on any atom is 0.274 e. The number of rotatable bonds is 5. The van der Waals surface area contributed by atoms with Crippen molar-refractivity contribution in [3.8, 4) is 0 Å². The number of nitrogens with two attached hydrogens (primary N) is 1. The van der Waals surface area contributed by atoms with Crippen LogP contribution in [0.1, 0.15) is 49.0 Å². The quantitative estimate of drug-likeness (QED) is 0.836. The number of carbonyl (C=O) groups excluding carboxylic acids is 1. The van der Waals surface area contributed by atoms with Crippen molar-refractivity contribution in [2.75, 3.05) is 13.1 Å². The van der Waals surface area contributed by atoms with Crippen LogP contribution in [0.3, 0.4) is 0 Å². The van der Waals surface area contributed by atoms with Gasteiger partial charge >= 0.3 is 0 Å². The number of aromatic amines is 1. The molecule has 1 aromatic rings. The molecule has 0 unspecified atom stereocenters. The Balaban J connectivity index is 2.13. The molecule has 1 saturated carbocycles. The van der Waals surface area contributed by atoms with Gasteiger partial charge in [-0.1, -0.05) is 19.3 Å². The molecule has 1 amide bonds. The molecule has 0 spiro atoms. The van der Waals surface area contributed by atoms with Crippen molar-refractivity contribution >= 4 is 5.91 Å². The predicted octanol–water partition coefficient (Wildman–Crippen LogP) is 0.894. The molecule has 6 heteroatoms. The lowest BCUT2D eigenvalue weighted by atomic mass is 9.93. The summed E-state index contributed by atoms with van der Waals surface area (Å²) in [5.41, 5.74) is 5.56. The van der Waals surface area contributed by atoms with Gasteiger partial charge in [-0.05, 0) is 31.9 Å². The molecule has 1 aliphatic rings. The normalized spacial score (nSPS) is 16.1. The molecule has 1 heterocycles. The van der Waals surface area contributed by atoms with E-state index in [0.717, 1.165) is 32.1 Å². The van der Waals surface area contributed by atoms with E-state index >= 15 is 0 Å². The third-order valence-corrected chi connectivity index (χ3v) is 3.78. The Morgan fingerprint density at radius 2 is 2.10 bits per heavy atom. The Bertz CT molecular complexity index is 474. The van der Waals surface area contributed by atoms with Crippen molar-refractivity contribution in [2.24, 2.45) is 5.73 Å². The zero-order valence-corrected chi connectivity index (χ0v) is 11.7. The third-order valence-electron chi connectivity index (χ3n) is 3.78. The van der Waals surface area contributed by atoms with E-state index in [0.29, 0.717) is 18.8 Å². The van der Waals surface area contributed by atoms with Gasteiger partial charge in [-0.25, -0.2) is 5.10 Å². The molecule has 1 aromatic heterocycles. The van der Waals surface area contributed by atoms with E-state index in [4.69, 9.17) is 5.73 Å². The summed E-state index contributed by atoms with van der Waals surface area (Å²) in [5, 5.41) is 6.16. The Labute approximate surface area is 118 Å². The first-order valence-electron chi connectivity index (χ1n) is 7.29. The number of nitrogens with zero attached hydrogens (tertiary/aromatic N) is 2. The number of aromatic nitrogens is 2. The third kappa shape index (κ3) is 3.66. The molecule has 110 valence electrons. The number of amides is 1. The van der Waals surface area contributed by atoms with Gasteiger partial charge in [0.1, 0.15) is 5.69 Å². The summed E-state index contributed by atoms with van der Waals surface area (Å²) in [6, 6.07) is 3.10. The van der Waals surface area contributed by atoms with Crippen molar-refractivity contribution in [2.45, 2.75) is 44.6 Å². The first kappa shape index (κ1) is 14.7. The lowest BCUT2D eigenvalue weighted by Gasteiger charge is -2.34. The van der Waals surface area contributed by atoms with Gasteiger partial charge in [0, 0.05) is 18.7 Å². The largest absolute Gasteiger partial charge is 0.334 e. The molecule has 1 fully saturated rings. The molecular weight excluding hydrogens is 256 g/mol. The van der Waals surface area contributed by atoms with Gasteiger partial charge < -0.3 is 10.6 Å². The standard InChI is InChI=1S/C14H22N4O2/c15-9-4-10-18(11-5-2-1-3-6-11)14(20)12-7-8-13(19)17-16-12/h7-8,11H,1-6,9-10,15H2,(H,17,19). The summed E-state index contributed by atoms with van der Waals surface area (Å²) in [7, 11) is 0. The fourth-order valence-corrected chi connectivity index (χ4v) is 2.72. The first-order valence-corrected chi connectivity index (χ1v) is 7.29. The van der Waals surface area contributed by atoms with Gasteiger partial charge in [-0.3, -0.25) is 9.59 Å². The van der Waals surface area contributed by atoms with Crippen molar-refractivity contribution in [3.05, 3.63) is 28.2 Å². The summed E-state index contributed by atoms with van der Waals surface area (Å²) < 4.78 is 0. The van der Waals surface area contributed by atoms with E-state index in [2.05, 4.69) is 10.2 Å². The summed E-state index contributed by atoms with van der Waals surface area (Å²) in [6.07, 6.45) is 6.43. The fourth-order valence-electron chi connectivity index (χ4n) is 2.72. The highest BCUT2D eigenvalue weighted by molar-refractivity contribution is 5.92. The number of nitrogens with one attached hydrogen (secondary N) is 1. The predicted molar refractivity (Wildman–Crippen MR) is 76.4 cm³/mol. The number of hydrogen-bond acceptors (Lipinski definition) is 4. The van der Waals surface area contributed by atoms with E-state index in [1.54, 1.807) is 0 Å². The minimum absolute atomic E-state index is 0.110. The van der Waals surface area contributed by atoms with Gasteiger partial charge in [0.05, 0.1) is 0 Å². The van der Waals surface area contributed by atoms with Crippen molar-refractivity contribution in [1.29, 1.82) is 0 Å². The van der Waals surface area contributed by atoms with Crippen molar-refractivity contribution < 1.29 is 4.79 Å². The van der Waals surface area contributed by atoms with Crippen molar-refractivity contribution in [3.63, 3.8) is 0 Å². The Morgan fingerprint density at radius 1 is 1.35 bits per heavy atom. The van der Waals surface area contributed by atoms with Crippen LogP contribution in [0.25, 0.3) is 0 Å². The summed E-state index contributed by atoms with van der Waals surface area (Å²) in [6.45, 7) is 1.22. The minimum Gasteiger partial charge on any atom is -0.334 e. The smallest absolute Gasteiger partial charge is 0.274 e. The van der Waals surface area contributed by atoms with E-state index in [1.807, 2.05) is 4.90 Å². The highest BCUT2D eigenvalue weighted by Crippen LogP contribution is 2.23. The second-order valence-electron chi connectivity index (χ2n) is 5.24. The van der Waals surface area contributed by atoms with Gasteiger partial charge in [0.15, 0.2) is 0 Å². The Kier molecular flexibility index (Phi) is 5.29. The number of carbonyl (C=O) groups is 1. The minimum atomic E-state index is -0.298. The molecule has 6 nitrogen and oxygen atoms in total. The summed E-state index contributed by atoms with van der Waals surface area (Å²) in [4.78, 5) is 25.5. The van der Waals surface area contributed by atoms with Crippen LogP contribution < -0.4 is 11.3 Å². The summed E-state index contributed by atoms with van der Waals surface area (Å²) >= 11 is 0. The Hall–Kier alpha value is -1.69. The molecule has 2 rings (SSSR count). The van der Waals surface area contributed by atoms with E-state index in [1.165, 1.54) is 18.6 Å². The first-order chi connectivity index (χ1) is 9.72. The average molecular weight is 278 g/mol. The van der Waals surface area contributed by atoms with Crippen LogP contribution in [0.4, 0.5) is 0 Å². The lowest BCUT2D eigenvalue weighted by Crippen LogP contribution is -2.43. The number of H-pyrrole nitrogens is 1. The van der Waals surface area contributed by atoms with Gasteiger partial charge in [-0.2, -0.15) is 5.10 Å². The van der Waals surface area contributed by atoms with E-state index in [-0.39, 0.29) is 17.5 Å². The van der Waals surface area contributed by atoms with E-state index in [9.17, 15) is 9.59 Å². The zero-order chi connectivity index (χ0) is 14.4. The molecule has 0 radical (unpaired) electrons. The molecule has 3 N–H and O–H groups in total. The molecule has 0 aromatic carbocycles. The second-order valence-corrected chi connectivity index (χ2v) is 5.24. The van der Waals surface area contributed by atoms with E-state index < -0.39 is 0 Å². The second kappa shape index (κ2) is 7.19. The van der Waals surface area contributed by atoms with Gasteiger partial charge in [-0.15, -0.1) is 0 Å². The molecule has 0 bridgehead atoms. The molecule has 0 aliphatic heterocycles. The SMILES string of the molecule is NCCCN(C(=O)c1ccc(=O)[nH]n1)C1CCCCC1. The van der Waals surface area contributed by atoms with Crippen LogP contribution in [-0.2, 0) is 0 Å². The highest BCUT2D eigenvalue weighted by atomic mass is 16.2. The topological polar surface area (TPSA) is 92.1 Å².